The summed E-state index contributed by atoms with van der Waals surface area (Å²) in [5.41, 5.74) is 0.283. The number of nitrogens with zero attached hydrogens (tertiary/aromatic N) is 1. The molecule has 22 heavy (non-hydrogen) atoms. The molecule has 0 bridgehead atoms. The zero-order valence-electron chi connectivity index (χ0n) is 12.2. The van der Waals surface area contributed by atoms with Crippen molar-refractivity contribution in [2.45, 2.75) is 26.5 Å². The van der Waals surface area contributed by atoms with Crippen LogP contribution in [0.25, 0.3) is 0 Å². The number of hydrogen-bond donors (Lipinski definition) is 2. The summed E-state index contributed by atoms with van der Waals surface area (Å²) in [5, 5.41) is 8.37. The summed E-state index contributed by atoms with van der Waals surface area (Å²) in [5.74, 6) is -0.769. The van der Waals surface area contributed by atoms with Crippen LogP contribution in [0, 0.1) is 5.82 Å². The Kier molecular flexibility index (Phi) is 4.88. The van der Waals surface area contributed by atoms with Crippen LogP contribution in [0.2, 0.25) is 0 Å². The summed E-state index contributed by atoms with van der Waals surface area (Å²) in [4.78, 5) is 22.7. The highest BCUT2D eigenvalue weighted by molar-refractivity contribution is 5.91. The first kappa shape index (κ1) is 15.7. The third kappa shape index (κ3) is 4.15. The van der Waals surface area contributed by atoms with E-state index in [1.165, 1.54) is 24.3 Å². The highest BCUT2D eigenvalue weighted by Crippen LogP contribution is 2.19. The number of rotatable bonds is 5. The van der Waals surface area contributed by atoms with Gasteiger partial charge in [0.25, 0.3) is 11.5 Å². The molecule has 0 fully saturated rings. The molecule has 2 N–H and O–H groups in total. The molecule has 0 aliphatic rings. The van der Waals surface area contributed by atoms with Gasteiger partial charge in [-0.05, 0) is 37.6 Å². The van der Waals surface area contributed by atoms with E-state index in [2.05, 4.69) is 15.5 Å². The second-order valence-electron chi connectivity index (χ2n) is 4.92. The second kappa shape index (κ2) is 6.84. The standard InChI is InChI=1S/C15H16FN3O3/c1-9(2)22-13-5-3-10(7-11(13)16)8-17-15(21)12-4-6-14(20)19-18-12/h3-7,9H,8H2,1-2H3,(H,17,21)(H,19,20). The summed E-state index contributed by atoms with van der Waals surface area (Å²) in [6.07, 6.45) is -0.119. The van der Waals surface area contributed by atoms with Gasteiger partial charge in [0.05, 0.1) is 6.10 Å². The summed E-state index contributed by atoms with van der Waals surface area (Å²) in [7, 11) is 0. The zero-order chi connectivity index (χ0) is 16.1. The first-order valence-electron chi connectivity index (χ1n) is 6.74. The number of carbonyl (C=O) groups is 1. The maximum absolute atomic E-state index is 13.8. The molecule has 0 unspecified atom stereocenters. The molecule has 0 radical (unpaired) electrons. The molecule has 0 spiro atoms. The van der Waals surface area contributed by atoms with E-state index < -0.39 is 11.7 Å². The maximum atomic E-state index is 13.8. The third-order valence-corrected chi connectivity index (χ3v) is 2.72. The number of aromatic amines is 1. The molecule has 1 aromatic heterocycles. The molecular weight excluding hydrogens is 289 g/mol. The number of halogens is 1. The van der Waals surface area contributed by atoms with Crippen LogP contribution in [0.15, 0.2) is 35.1 Å². The Labute approximate surface area is 126 Å². The molecule has 1 aromatic carbocycles. The van der Waals surface area contributed by atoms with Crippen molar-refractivity contribution >= 4 is 5.91 Å². The second-order valence-corrected chi connectivity index (χ2v) is 4.92. The fraction of sp³-hybridized carbons (Fsp3) is 0.267. The minimum Gasteiger partial charge on any atom is -0.488 e. The molecule has 7 heteroatoms. The van der Waals surface area contributed by atoms with E-state index >= 15 is 0 Å². The predicted octanol–water partition coefficient (Wildman–Crippen LogP) is 1.63. The van der Waals surface area contributed by atoms with Crippen LogP contribution in [-0.2, 0) is 6.54 Å². The van der Waals surface area contributed by atoms with Crippen molar-refractivity contribution in [1.82, 2.24) is 15.5 Å². The van der Waals surface area contributed by atoms with Crippen LogP contribution in [-0.4, -0.2) is 22.2 Å². The lowest BCUT2D eigenvalue weighted by Crippen LogP contribution is -2.25. The molecular formula is C15H16FN3O3. The van der Waals surface area contributed by atoms with Gasteiger partial charge in [-0.3, -0.25) is 9.59 Å². The summed E-state index contributed by atoms with van der Waals surface area (Å²) >= 11 is 0. The molecule has 2 aromatic rings. The van der Waals surface area contributed by atoms with Crippen LogP contribution >= 0.6 is 0 Å². The van der Waals surface area contributed by atoms with Crippen molar-refractivity contribution in [2.75, 3.05) is 0 Å². The molecule has 0 atom stereocenters. The van der Waals surface area contributed by atoms with Crippen LogP contribution in [0.5, 0.6) is 5.75 Å². The van der Waals surface area contributed by atoms with Gasteiger partial charge in [-0.25, -0.2) is 9.49 Å². The molecule has 0 saturated heterocycles. The van der Waals surface area contributed by atoms with E-state index in [1.54, 1.807) is 6.07 Å². The maximum Gasteiger partial charge on any atom is 0.271 e. The van der Waals surface area contributed by atoms with Crippen molar-refractivity contribution in [3.8, 4) is 5.75 Å². The van der Waals surface area contributed by atoms with Gasteiger partial charge in [-0.2, -0.15) is 5.10 Å². The highest BCUT2D eigenvalue weighted by atomic mass is 19.1. The molecule has 0 aliphatic heterocycles. The largest absolute Gasteiger partial charge is 0.488 e. The number of carbonyl (C=O) groups excluding carboxylic acids is 1. The average molecular weight is 305 g/mol. The Morgan fingerprint density at radius 2 is 2.14 bits per heavy atom. The lowest BCUT2D eigenvalue weighted by molar-refractivity contribution is 0.0944. The number of benzene rings is 1. The van der Waals surface area contributed by atoms with Gasteiger partial charge in [0.15, 0.2) is 11.6 Å². The summed E-state index contributed by atoms with van der Waals surface area (Å²) in [6, 6.07) is 7.02. The highest BCUT2D eigenvalue weighted by Gasteiger charge is 2.09. The van der Waals surface area contributed by atoms with Crippen LogP contribution in [0.3, 0.4) is 0 Å². The minimum atomic E-state index is -0.484. The van der Waals surface area contributed by atoms with Crippen molar-refractivity contribution in [1.29, 1.82) is 0 Å². The first-order valence-corrected chi connectivity index (χ1v) is 6.74. The van der Waals surface area contributed by atoms with Crippen LogP contribution in [0.4, 0.5) is 4.39 Å². The molecule has 1 heterocycles. The van der Waals surface area contributed by atoms with Crippen molar-refractivity contribution in [3.05, 3.63) is 57.8 Å². The molecule has 116 valence electrons. The van der Waals surface area contributed by atoms with Gasteiger partial charge in [0.2, 0.25) is 0 Å². The lowest BCUT2D eigenvalue weighted by Gasteiger charge is -2.11. The SMILES string of the molecule is CC(C)Oc1ccc(CNC(=O)c2ccc(=O)[nH]n2)cc1F. The molecule has 6 nitrogen and oxygen atoms in total. The lowest BCUT2D eigenvalue weighted by atomic mass is 10.2. The Bertz CT molecular complexity index is 708. The van der Waals surface area contributed by atoms with Crippen LogP contribution < -0.4 is 15.6 Å². The minimum absolute atomic E-state index is 0.0832. The number of hydrogen-bond acceptors (Lipinski definition) is 4. The Hall–Kier alpha value is -2.70. The number of amides is 1. The summed E-state index contributed by atoms with van der Waals surface area (Å²) in [6.45, 7) is 3.76. The fourth-order valence-corrected chi connectivity index (χ4v) is 1.75. The van der Waals surface area contributed by atoms with Crippen molar-refractivity contribution < 1.29 is 13.9 Å². The van der Waals surface area contributed by atoms with Gasteiger partial charge in [0.1, 0.15) is 5.69 Å². The third-order valence-electron chi connectivity index (χ3n) is 2.72. The molecule has 0 saturated carbocycles. The van der Waals surface area contributed by atoms with Crippen molar-refractivity contribution in [2.24, 2.45) is 0 Å². The fourth-order valence-electron chi connectivity index (χ4n) is 1.75. The van der Waals surface area contributed by atoms with E-state index in [0.717, 1.165) is 0 Å². The van der Waals surface area contributed by atoms with E-state index in [1.807, 2.05) is 13.8 Å². The normalized spacial score (nSPS) is 10.5. The predicted molar refractivity (Wildman–Crippen MR) is 78.2 cm³/mol. The van der Waals surface area contributed by atoms with Gasteiger partial charge < -0.3 is 10.1 Å². The quantitative estimate of drug-likeness (QED) is 0.879. The number of aromatic nitrogens is 2. The first-order chi connectivity index (χ1) is 10.5. The monoisotopic (exact) mass is 305 g/mol. The Morgan fingerprint density at radius 1 is 1.36 bits per heavy atom. The zero-order valence-corrected chi connectivity index (χ0v) is 12.2. The van der Waals surface area contributed by atoms with Gasteiger partial charge in [-0.1, -0.05) is 6.07 Å². The van der Waals surface area contributed by atoms with E-state index in [0.29, 0.717) is 5.56 Å². The Balaban J connectivity index is 1.99. The molecule has 2 rings (SSSR count). The topological polar surface area (TPSA) is 84.1 Å². The van der Waals surface area contributed by atoms with E-state index in [9.17, 15) is 14.0 Å². The Morgan fingerprint density at radius 3 is 2.73 bits per heavy atom. The van der Waals surface area contributed by atoms with E-state index in [-0.39, 0.29) is 29.7 Å². The van der Waals surface area contributed by atoms with Gasteiger partial charge >= 0.3 is 0 Å². The van der Waals surface area contributed by atoms with Gasteiger partial charge in [0, 0.05) is 12.6 Å². The summed E-state index contributed by atoms with van der Waals surface area (Å²) < 4.78 is 19.1. The van der Waals surface area contributed by atoms with Gasteiger partial charge in [-0.15, -0.1) is 0 Å². The van der Waals surface area contributed by atoms with E-state index in [4.69, 9.17) is 4.74 Å². The number of nitrogens with one attached hydrogen (secondary N) is 2. The average Bonchev–Trinajstić information content (AvgIpc) is 2.47. The molecule has 0 aliphatic carbocycles. The number of ether oxygens (including phenoxy) is 1. The molecule has 1 amide bonds. The number of H-pyrrole nitrogens is 1. The smallest absolute Gasteiger partial charge is 0.271 e. The van der Waals surface area contributed by atoms with Crippen molar-refractivity contribution in [3.63, 3.8) is 0 Å². The van der Waals surface area contributed by atoms with Crippen LogP contribution in [0.1, 0.15) is 29.9 Å².